The number of carbonyl (C=O) groups excluding carboxylic acids is 1. The Bertz CT molecular complexity index is 377. The van der Waals surface area contributed by atoms with Crippen LogP contribution in [0.5, 0.6) is 0 Å². The monoisotopic (exact) mass is 238 g/mol. The second-order valence-electron chi connectivity index (χ2n) is 3.37. The third-order valence-electron chi connectivity index (χ3n) is 1.90. The summed E-state index contributed by atoms with van der Waals surface area (Å²) in [7, 11) is 0. The Morgan fingerprint density at radius 3 is 2.81 bits per heavy atom. The van der Waals surface area contributed by atoms with E-state index in [1.54, 1.807) is 6.20 Å². The lowest BCUT2D eigenvalue weighted by Crippen LogP contribution is -2.26. The van der Waals surface area contributed by atoms with Gasteiger partial charge in [0.25, 0.3) is 5.91 Å². The van der Waals surface area contributed by atoms with Crippen LogP contribution < -0.4 is 11.1 Å². The maximum absolute atomic E-state index is 11.5. The lowest BCUT2D eigenvalue weighted by Gasteiger charge is -2.03. The van der Waals surface area contributed by atoms with E-state index < -0.39 is 0 Å². The standard InChI is InChI=1S/C10H14N4OS/c1-7-5-14-8(6-13-7)10(15)12-4-2-3-9(11)16/h5-6H,2-4H2,1H3,(H2,11,16)(H,12,15). The molecule has 0 aromatic carbocycles. The van der Waals surface area contributed by atoms with Crippen molar-refractivity contribution >= 4 is 23.1 Å². The molecule has 0 atom stereocenters. The highest BCUT2D eigenvalue weighted by Gasteiger charge is 2.05. The summed E-state index contributed by atoms with van der Waals surface area (Å²) in [5.74, 6) is -0.226. The van der Waals surface area contributed by atoms with E-state index in [0.717, 1.165) is 12.1 Å². The molecule has 0 aliphatic heterocycles. The van der Waals surface area contributed by atoms with Crippen LogP contribution in [0.4, 0.5) is 0 Å². The molecule has 0 saturated heterocycles. The first-order chi connectivity index (χ1) is 7.59. The van der Waals surface area contributed by atoms with Crippen molar-refractivity contribution < 1.29 is 4.79 Å². The Kier molecular flexibility index (Phi) is 4.78. The molecule has 1 aromatic heterocycles. The van der Waals surface area contributed by atoms with Gasteiger partial charge in [-0.05, 0) is 19.8 Å². The minimum Gasteiger partial charge on any atom is -0.393 e. The van der Waals surface area contributed by atoms with E-state index in [-0.39, 0.29) is 5.91 Å². The van der Waals surface area contributed by atoms with E-state index in [0.29, 0.717) is 23.6 Å². The van der Waals surface area contributed by atoms with Gasteiger partial charge in [0.05, 0.1) is 16.9 Å². The Balaban J connectivity index is 2.35. The molecule has 3 N–H and O–H groups in total. The summed E-state index contributed by atoms with van der Waals surface area (Å²) in [6.45, 7) is 2.35. The second-order valence-corrected chi connectivity index (χ2v) is 3.89. The zero-order valence-corrected chi connectivity index (χ0v) is 9.88. The van der Waals surface area contributed by atoms with Crippen molar-refractivity contribution in [3.63, 3.8) is 0 Å². The van der Waals surface area contributed by atoms with Crippen molar-refractivity contribution in [2.75, 3.05) is 6.54 Å². The number of aromatic nitrogens is 2. The normalized spacial score (nSPS) is 9.81. The SMILES string of the molecule is Cc1cnc(C(=O)NCCCC(N)=S)cn1. The van der Waals surface area contributed by atoms with Gasteiger partial charge >= 0.3 is 0 Å². The number of amides is 1. The van der Waals surface area contributed by atoms with Crippen LogP contribution in [-0.2, 0) is 0 Å². The number of hydrogen-bond donors (Lipinski definition) is 2. The Hall–Kier alpha value is -1.56. The molecule has 1 amide bonds. The van der Waals surface area contributed by atoms with Gasteiger partial charge in [-0.25, -0.2) is 4.98 Å². The number of hydrogen-bond acceptors (Lipinski definition) is 4. The number of carbonyl (C=O) groups is 1. The van der Waals surface area contributed by atoms with Crippen molar-refractivity contribution in [2.24, 2.45) is 5.73 Å². The van der Waals surface area contributed by atoms with Gasteiger partial charge in [0, 0.05) is 12.7 Å². The average Bonchev–Trinajstić information content (AvgIpc) is 2.25. The Morgan fingerprint density at radius 1 is 1.50 bits per heavy atom. The Morgan fingerprint density at radius 2 is 2.25 bits per heavy atom. The van der Waals surface area contributed by atoms with Crippen molar-refractivity contribution in [3.05, 3.63) is 23.8 Å². The highest BCUT2D eigenvalue weighted by Crippen LogP contribution is 1.94. The molecule has 0 fully saturated rings. The zero-order valence-electron chi connectivity index (χ0n) is 9.06. The average molecular weight is 238 g/mol. The third-order valence-corrected chi connectivity index (χ3v) is 2.10. The molecule has 16 heavy (non-hydrogen) atoms. The molecule has 1 aromatic rings. The van der Waals surface area contributed by atoms with Crippen LogP contribution in [0.3, 0.4) is 0 Å². The van der Waals surface area contributed by atoms with Gasteiger partial charge in [0.15, 0.2) is 0 Å². The van der Waals surface area contributed by atoms with Crippen LogP contribution in [0.2, 0.25) is 0 Å². The van der Waals surface area contributed by atoms with Gasteiger partial charge in [-0.15, -0.1) is 0 Å². The fourth-order valence-corrected chi connectivity index (χ4v) is 1.21. The Labute approximate surface area is 99.5 Å². The van der Waals surface area contributed by atoms with Crippen molar-refractivity contribution in [3.8, 4) is 0 Å². The van der Waals surface area contributed by atoms with E-state index in [9.17, 15) is 4.79 Å². The maximum atomic E-state index is 11.5. The smallest absolute Gasteiger partial charge is 0.271 e. The zero-order chi connectivity index (χ0) is 12.0. The van der Waals surface area contributed by atoms with Crippen LogP contribution in [0, 0.1) is 6.92 Å². The number of nitrogens with one attached hydrogen (secondary N) is 1. The van der Waals surface area contributed by atoms with E-state index in [4.69, 9.17) is 18.0 Å². The molecule has 0 unspecified atom stereocenters. The molecule has 0 aliphatic carbocycles. The van der Waals surface area contributed by atoms with Crippen molar-refractivity contribution in [2.45, 2.75) is 19.8 Å². The summed E-state index contributed by atoms with van der Waals surface area (Å²) in [6.07, 6.45) is 4.39. The molecule has 5 nitrogen and oxygen atoms in total. The summed E-state index contributed by atoms with van der Waals surface area (Å²) in [4.78, 5) is 19.9. The first-order valence-electron chi connectivity index (χ1n) is 4.94. The minimum absolute atomic E-state index is 0.226. The van der Waals surface area contributed by atoms with Gasteiger partial charge in [0.2, 0.25) is 0 Å². The van der Waals surface area contributed by atoms with Gasteiger partial charge in [-0.1, -0.05) is 12.2 Å². The van der Waals surface area contributed by atoms with Gasteiger partial charge < -0.3 is 11.1 Å². The maximum Gasteiger partial charge on any atom is 0.271 e. The topological polar surface area (TPSA) is 80.9 Å². The van der Waals surface area contributed by atoms with E-state index in [2.05, 4.69) is 15.3 Å². The fraction of sp³-hybridized carbons (Fsp3) is 0.400. The third kappa shape index (κ3) is 4.31. The van der Waals surface area contributed by atoms with E-state index in [1.807, 2.05) is 6.92 Å². The van der Waals surface area contributed by atoms with E-state index >= 15 is 0 Å². The molecule has 0 aliphatic rings. The molecule has 1 heterocycles. The van der Waals surface area contributed by atoms with Gasteiger partial charge in [-0.2, -0.15) is 0 Å². The molecule has 1 rings (SSSR count). The quantitative estimate of drug-likeness (QED) is 0.579. The predicted octanol–water partition coefficient (Wildman–Crippen LogP) is 0.581. The molecule has 6 heteroatoms. The number of thiocarbonyl (C=S) groups is 1. The summed E-state index contributed by atoms with van der Waals surface area (Å²) in [5.41, 5.74) is 6.44. The first-order valence-corrected chi connectivity index (χ1v) is 5.35. The summed E-state index contributed by atoms with van der Waals surface area (Å²) in [5, 5.41) is 2.72. The molecule has 0 saturated carbocycles. The molecular formula is C10H14N4OS. The van der Waals surface area contributed by atoms with Crippen molar-refractivity contribution in [1.29, 1.82) is 0 Å². The minimum atomic E-state index is -0.226. The largest absolute Gasteiger partial charge is 0.393 e. The second kappa shape index (κ2) is 6.12. The molecule has 0 radical (unpaired) electrons. The summed E-state index contributed by atoms with van der Waals surface area (Å²) in [6, 6.07) is 0. The fourth-order valence-electron chi connectivity index (χ4n) is 1.06. The predicted molar refractivity (Wildman–Crippen MR) is 65.1 cm³/mol. The molecule has 0 spiro atoms. The number of nitrogens with two attached hydrogens (primary N) is 1. The number of aryl methyl sites for hydroxylation is 1. The van der Waals surface area contributed by atoms with Crippen LogP contribution in [-0.4, -0.2) is 27.4 Å². The van der Waals surface area contributed by atoms with Gasteiger partial charge in [0.1, 0.15) is 5.69 Å². The van der Waals surface area contributed by atoms with Crippen LogP contribution >= 0.6 is 12.2 Å². The number of nitrogens with zero attached hydrogens (tertiary/aromatic N) is 2. The van der Waals surface area contributed by atoms with Crippen LogP contribution in [0.15, 0.2) is 12.4 Å². The van der Waals surface area contributed by atoms with Crippen LogP contribution in [0.1, 0.15) is 29.0 Å². The lowest BCUT2D eigenvalue weighted by atomic mass is 10.3. The molecule has 0 bridgehead atoms. The summed E-state index contributed by atoms with van der Waals surface area (Å²) >= 11 is 4.73. The number of rotatable bonds is 5. The first kappa shape index (κ1) is 12.5. The highest BCUT2D eigenvalue weighted by molar-refractivity contribution is 7.80. The van der Waals surface area contributed by atoms with Crippen LogP contribution in [0.25, 0.3) is 0 Å². The van der Waals surface area contributed by atoms with Gasteiger partial charge in [-0.3, -0.25) is 9.78 Å². The summed E-state index contributed by atoms with van der Waals surface area (Å²) < 4.78 is 0. The van der Waals surface area contributed by atoms with E-state index in [1.165, 1.54) is 6.20 Å². The lowest BCUT2D eigenvalue weighted by molar-refractivity contribution is 0.0948. The highest BCUT2D eigenvalue weighted by atomic mass is 32.1. The molecule has 86 valence electrons. The molecular weight excluding hydrogens is 224 g/mol. The van der Waals surface area contributed by atoms with Crippen molar-refractivity contribution in [1.82, 2.24) is 15.3 Å².